The highest BCUT2D eigenvalue weighted by Crippen LogP contribution is 2.36. The van der Waals surface area contributed by atoms with Crippen LogP contribution in [0, 0.1) is 0 Å². The van der Waals surface area contributed by atoms with E-state index in [1.165, 1.54) is 11.3 Å². The lowest BCUT2D eigenvalue weighted by Gasteiger charge is -2.26. The maximum absolute atomic E-state index is 12.3. The van der Waals surface area contributed by atoms with E-state index in [-0.39, 0.29) is 0 Å². The molecule has 0 saturated heterocycles. The maximum Gasteiger partial charge on any atom is 0.324 e. The number of halogens is 1. The first-order valence-electron chi connectivity index (χ1n) is 8.18. The van der Waals surface area contributed by atoms with Crippen molar-refractivity contribution in [1.82, 2.24) is 4.90 Å². The number of nitrogens with one attached hydrogen (secondary N) is 2. The quantitative estimate of drug-likeness (QED) is 0.624. The van der Waals surface area contributed by atoms with Crippen LogP contribution in [-0.4, -0.2) is 36.5 Å². The zero-order chi connectivity index (χ0) is 18.7. The van der Waals surface area contributed by atoms with Gasteiger partial charge in [-0.25, -0.2) is 4.79 Å². The van der Waals surface area contributed by atoms with Gasteiger partial charge in [-0.05, 0) is 36.2 Å². The van der Waals surface area contributed by atoms with E-state index >= 15 is 0 Å². The van der Waals surface area contributed by atoms with Crippen molar-refractivity contribution in [2.45, 2.75) is 13.0 Å². The summed E-state index contributed by atoms with van der Waals surface area (Å²) in [4.78, 5) is 27.5. The predicted octanol–water partition coefficient (Wildman–Crippen LogP) is 2.46. The molecule has 3 rings (SSSR count). The highest BCUT2D eigenvalue weighted by Gasteiger charge is 2.27. The second-order valence-electron chi connectivity index (χ2n) is 5.97. The third kappa shape index (κ3) is 4.16. The highest BCUT2D eigenvalue weighted by atomic mass is 35.5. The number of thiophene rings is 1. The molecule has 0 bridgehead atoms. The van der Waals surface area contributed by atoms with Gasteiger partial charge in [-0.3, -0.25) is 15.0 Å². The fourth-order valence-corrected chi connectivity index (χ4v) is 4.39. The first-order valence-corrected chi connectivity index (χ1v) is 9.37. The van der Waals surface area contributed by atoms with Crippen molar-refractivity contribution in [1.29, 1.82) is 0 Å². The number of urea groups is 1. The fraction of sp³-hybridized carbons (Fsp3) is 0.294. The molecule has 9 heteroatoms. The molecular weight excluding hydrogens is 374 g/mol. The lowest BCUT2D eigenvalue weighted by molar-refractivity contribution is 0.1000. The van der Waals surface area contributed by atoms with Crippen molar-refractivity contribution < 1.29 is 9.59 Å². The summed E-state index contributed by atoms with van der Waals surface area (Å²) in [5.74, 6) is -0.531. The number of fused-ring (bicyclic) bond motifs is 1. The normalized spacial score (nSPS) is 13.9. The van der Waals surface area contributed by atoms with Crippen LogP contribution in [0.15, 0.2) is 24.3 Å². The number of carbonyl (C=O) groups is 2. The van der Waals surface area contributed by atoms with Gasteiger partial charge in [0, 0.05) is 41.8 Å². The van der Waals surface area contributed by atoms with Crippen LogP contribution in [0.3, 0.4) is 0 Å². The Morgan fingerprint density at radius 1 is 1.23 bits per heavy atom. The van der Waals surface area contributed by atoms with Crippen molar-refractivity contribution >= 4 is 45.6 Å². The Morgan fingerprint density at radius 2 is 1.96 bits per heavy atom. The summed E-state index contributed by atoms with van der Waals surface area (Å²) < 4.78 is 0. The molecule has 1 aliphatic heterocycles. The molecule has 2 heterocycles. The molecule has 3 amide bonds. The van der Waals surface area contributed by atoms with Crippen molar-refractivity contribution in [3.63, 3.8) is 0 Å². The number of primary amides is 1. The highest BCUT2D eigenvalue weighted by molar-refractivity contribution is 7.17. The number of nitrogens with zero attached hydrogens (tertiary/aromatic N) is 1. The summed E-state index contributed by atoms with van der Waals surface area (Å²) in [6.45, 7) is 2.90. The molecular formula is C17H20ClN5O2S. The number of benzene rings is 1. The molecule has 0 saturated carbocycles. The Balaban J connectivity index is 1.78. The van der Waals surface area contributed by atoms with Crippen molar-refractivity contribution in [3.05, 3.63) is 45.3 Å². The van der Waals surface area contributed by atoms with Crippen LogP contribution in [0.4, 0.5) is 15.5 Å². The van der Waals surface area contributed by atoms with Crippen LogP contribution >= 0.6 is 22.9 Å². The molecule has 0 atom stereocenters. The lowest BCUT2D eigenvalue weighted by Crippen LogP contribution is -2.34. The zero-order valence-electron chi connectivity index (χ0n) is 14.0. The minimum atomic E-state index is -0.531. The average molecular weight is 394 g/mol. The van der Waals surface area contributed by atoms with E-state index in [0.29, 0.717) is 40.8 Å². The molecule has 0 radical (unpaired) electrons. The fourth-order valence-electron chi connectivity index (χ4n) is 2.98. The van der Waals surface area contributed by atoms with E-state index in [1.54, 1.807) is 24.3 Å². The molecule has 138 valence electrons. The summed E-state index contributed by atoms with van der Waals surface area (Å²) in [7, 11) is 0. The van der Waals surface area contributed by atoms with E-state index < -0.39 is 11.9 Å². The first-order chi connectivity index (χ1) is 12.5. The molecule has 7 nitrogen and oxygen atoms in total. The van der Waals surface area contributed by atoms with Gasteiger partial charge < -0.3 is 16.8 Å². The summed E-state index contributed by atoms with van der Waals surface area (Å²) in [5.41, 5.74) is 13.1. The minimum Gasteiger partial charge on any atom is -0.365 e. The van der Waals surface area contributed by atoms with Gasteiger partial charge in [0.2, 0.25) is 0 Å². The molecule has 0 aliphatic carbocycles. The predicted molar refractivity (Wildman–Crippen MR) is 105 cm³/mol. The number of nitrogens with two attached hydrogens (primary N) is 2. The largest absolute Gasteiger partial charge is 0.365 e. The first kappa shape index (κ1) is 18.7. The van der Waals surface area contributed by atoms with E-state index in [2.05, 4.69) is 15.5 Å². The SMILES string of the molecule is NCCN1CCc2c(sc(NC(=O)Nc3ccc(Cl)cc3)c2C(N)=O)C1. The van der Waals surface area contributed by atoms with Crippen LogP contribution < -0.4 is 22.1 Å². The molecule has 0 unspecified atom stereocenters. The van der Waals surface area contributed by atoms with Gasteiger partial charge in [-0.2, -0.15) is 0 Å². The van der Waals surface area contributed by atoms with Crippen LogP contribution in [0.25, 0.3) is 0 Å². The number of hydrogen-bond acceptors (Lipinski definition) is 5. The molecule has 1 aromatic carbocycles. The van der Waals surface area contributed by atoms with Crippen LogP contribution in [0.5, 0.6) is 0 Å². The number of rotatable bonds is 5. The van der Waals surface area contributed by atoms with Gasteiger partial charge in [0.05, 0.1) is 5.56 Å². The molecule has 1 aliphatic rings. The van der Waals surface area contributed by atoms with E-state index in [4.69, 9.17) is 23.1 Å². The van der Waals surface area contributed by atoms with Gasteiger partial charge in [0.15, 0.2) is 0 Å². The van der Waals surface area contributed by atoms with Gasteiger partial charge in [-0.15, -0.1) is 11.3 Å². The zero-order valence-corrected chi connectivity index (χ0v) is 15.6. The summed E-state index contributed by atoms with van der Waals surface area (Å²) >= 11 is 7.22. The monoisotopic (exact) mass is 393 g/mol. The summed E-state index contributed by atoms with van der Waals surface area (Å²) in [6, 6.07) is 6.32. The molecule has 26 heavy (non-hydrogen) atoms. The molecule has 6 N–H and O–H groups in total. The smallest absolute Gasteiger partial charge is 0.324 e. The molecule has 0 fully saturated rings. The van der Waals surface area contributed by atoms with Gasteiger partial charge in [-0.1, -0.05) is 11.6 Å². The second-order valence-corrected chi connectivity index (χ2v) is 7.51. The number of carbonyl (C=O) groups excluding carboxylic acids is 2. The Hall–Kier alpha value is -2.13. The number of hydrogen-bond donors (Lipinski definition) is 4. The van der Waals surface area contributed by atoms with Crippen molar-refractivity contribution in [2.75, 3.05) is 30.3 Å². The van der Waals surface area contributed by atoms with Crippen LogP contribution in [-0.2, 0) is 13.0 Å². The molecule has 0 spiro atoms. The standard InChI is InChI=1S/C17H20ClN5O2S/c18-10-1-3-11(4-2-10)21-17(25)22-16-14(15(20)24)12-5-7-23(8-6-19)9-13(12)26-16/h1-4H,5-9,19H2,(H2,20,24)(H2,21,22,25). The Labute approximate surface area is 160 Å². The lowest BCUT2D eigenvalue weighted by atomic mass is 10.0. The van der Waals surface area contributed by atoms with E-state index in [9.17, 15) is 9.59 Å². The topological polar surface area (TPSA) is 113 Å². The average Bonchev–Trinajstić information content (AvgIpc) is 2.94. The van der Waals surface area contributed by atoms with Crippen molar-refractivity contribution in [3.8, 4) is 0 Å². The van der Waals surface area contributed by atoms with E-state index in [1.807, 2.05) is 0 Å². The summed E-state index contributed by atoms with van der Waals surface area (Å²) in [6.07, 6.45) is 0.713. The van der Waals surface area contributed by atoms with Crippen molar-refractivity contribution in [2.24, 2.45) is 11.5 Å². The Kier molecular flexibility index (Phi) is 5.77. The Bertz CT molecular complexity index is 821. The van der Waals surface area contributed by atoms with E-state index in [0.717, 1.165) is 23.5 Å². The minimum absolute atomic E-state index is 0.406. The second kappa shape index (κ2) is 8.05. The van der Waals surface area contributed by atoms with Gasteiger partial charge >= 0.3 is 6.03 Å². The molecule has 2 aromatic rings. The maximum atomic E-state index is 12.3. The van der Waals surface area contributed by atoms with Gasteiger partial charge in [0.1, 0.15) is 5.00 Å². The van der Waals surface area contributed by atoms with Crippen LogP contribution in [0.1, 0.15) is 20.8 Å². The third-order valence-electron chi connectivity index (χ3n) is 4.16. The third-order valence-corrected chi connectivity index (χ3v) is 5.54. The summed E-state index contributed by atoms with van der Waals surface area (Å²) in [5, 5.41) is 6.52. The van der Waals surface area contributed by atoms with Crippen LogP contribution in [0.2, 0.25) is 5.02 Å². The molecule has 1 aromatic heterocycles. The van der Waals surface area contributed by atoms with Gasteiger partial charge in [0.25, 0.3) is 5.91 Å². The number of anilines is 2. The Morgan fingerprint density at radius 3 is 2.62 bits per heavy atom. The number of amides is 3.